The molecule has 6 nitrogen and oxygen atoms in total. The number of nitrogens with zero attached hydrogens (tertiary/aromatic N) is 2. The van der Waals surface area contributed by atoms with Crippen LogP contribution >= 0.6 is 0 Å². The lowest BCUT2D eigenvalue weighted by molar-refractivity contribution is -0.136. The highest BCUT2D eigenvalue weighted by Gasteiger charge is 2.35. The zero-order valence-corrected chi connectivity index (χ0v) is 16.5. The lowest BCUT2D eigenvalue weighted by Gasteiger charge is -2.33. The van der Waals surface area contributed by atoms with Crippen molar-refractivity contribution in [3.8, 4) is 0 Å². The molecule has 3 rings (SSSR count). The van der Waals surface area contributed by atoms with Gasteiger partial charge in [-0.3, -0.25) is 14.5 Å². The SMILES string of the molecule is CC(C)CC(=O)NC(C(=O)N1CCC(N2CCNCC2)C1)c1ccccc1. The maximum Gasteiger partial charge on any atom is 0.249 e. The molecule has 148 valence electrons. The molecule has 0 spiro atoms. The van der Waals surface area contributed by atoms with E-state index in [1.165, 1.54) is 0 Å². The van der Waals surface area contributed by atoms with Crippen LogP contribution in [0.25, 0.3) is 0 Å². The van der Waals surface area contributed by atoms with Crippen molar-refractivity contribution >= 4 is 11.8 Å². The number of carbonyl (C=O) groups excluding carboxylic acids is 2. The molecule has 1 aromatic carbocycles. The Hall–Kier alpha value is -1.92. The van der Waals surface area contributed by atoms with Crippen LogP contribution < -0.4 is 10.6 Å². The Morgan fingerprint density at radius 2 is 1.85 bits per heavy atom. The van der Waals surface area contributed by atoms with E-state index < -0.39 is 6.04 Å². The number of amides is 2. The highest BCUT2D eigenvalue weighted by molar-refractivity contribution is 5.89. The van der Waals surface area contributed by atoms with Crippen molar-refractivity contribution in [2.24, 2.45) is 5.92 Å². The Morgan fingerprint density at radius 3 is 2.52 bits per heavy atom. The molecule has 0 saturated carbocycles. The Morgan fingerprint density at radius 1 is 1.15 bits per heavy atom. The summed E-state index contributed by atoms with van der Waals surface area (Å²) in [7, 11) is 0. The molecule has 1 aromatic rings. The van der Waals surface area contributed by atoms with E-state index >= 15 is 0 Å². The summed E-state index contributed by atoms with van der Waals surface area (Å²) >= 11 is 0. The second kappa shape index (κ2) is 9.33. The summed E-state index contributed by atoms with van der Waals surface area (Å²) in [6, 6.07) is 9.43. The monoisotopic (exact) mass is 372 g/mol. The second-order valence-electron chi connectivity index (χ2n) is 8.02. The largest absolute Gasteiger partial charge is 0.341 e. The van der Waals surface area contributed by atoms with Gasteiger partial charge in [-0.25, -0.2) is 0 Å². The minimum atomic E-state index is -0.598. The molecule has 0 radical (unpaired) electrons. The van der Waals surface area contributed by atoms with Crippen molar-refractivity contribution in [2.75, 3.05) is 39.3 Å². The van der Waals surface area contributed by atoms with Crippen LogP contribution in [0.1, 0.15) is 38.3 Å². The number of hydrogen-bond donors (Lipinski definition) is 2. The van der Waals surface area contributed by atoms with Crippen LogP contribution in [0.4, 0.5) is 0 Å². The van der Waals surface area contributed by atoms with E-state index in [4.69, 9.17) is 0 Å². The number of carbonyl (C=O) groups is 2. The van der Waals surface area contributed by atoms with Crippen molar-refractivity contribution in [2.45, 2.75) is 38.8 Å². The van der Waals surface area contributed by atoms with E-state index in [0.717, 1.165) is 51.3 Å². The molecule has 6 heteroatoms. The first-order valence-corrected chi connectivity index (χ1v) is 10.1. The molecule has 27 heavy (non-hydrogen) atoms. The van der Waals surface area contributed by atoms with Crippen molar-refractivity contribution < 1.29 is 9.59 Å². The van der Waals surface area contributed by atoms with Crippen LogP contribution in [0.15, 0.2) is 30.3 Å². The zero-order valence-electron chi connectivity index (χ0n) is 16.5. The lowest BCUT2D eigenvalue weighted by atomic mass is 10.0. The molecule has 0 aromatic heterocycles. The Labute approximate surface area is 162 Å². The van der Waals surface area contributed by atoms with Crippen molar-refractivity contribution in [1.82, 2.24) is 20.4 Å². The molecule has 2 aliphatic rings. The van der Waals surface area contributed by atoms with Crippen molar-refractivity contribution in [3.63, 3.8) is 0 Å². The molecule has 0 aliphatic carbocycles. The smallest absolute Gasteiger partial charge is 0.249 e. The summed E-state index contributed by atoms with van der Waals surface area (Å²) in [5.74, 6) is 0.210. The Kier molecular flexibility index (Phi) is 6.85. The highest BCUT2D eigenvalue weighted by Crippen LogP contribution is 2.22. The van der Waals surface area contributed by atoms with E-state index in [-0.39, 0.29) is 17.7 Å². The van der Waals surface area contributed by atoms with Crippen LogP contribution in [0, 0.1) is 5.92 Å². The van der Waals surface area contributed by atoms with Crippen LogP contribution in [0.3, 0.4) is 0 Å². The van der Waals surface area contributed by atoms with Gasteiger partial charge < -0.3 is 15.5 Å². The van der Waals surface area contributed by atoms with Gasteiger partial charge in [-0.05, 0) is 17.9 Å². The Bertz CT molecular complexity index is 628. The molecule has 2 N–H and O–H groups in total. The molecular weight excluding hydrogens is 340 g/mol. The number of likely N-dealkylation sites (tertiary alicyclic amines) is 1. The maximum absolute atomic E-state index is 13.3. The maximum atomic E-state index is 13.3. The van der Waals surface area contributed by atoms with Gasteiger partial charge in [-0.2, -0.15) is 0 Å². The molecule has 2 amide bonds. The molecule has 2 aliphatic heterocycles. The predicted octanol–water partition coefficient (Wildman–Crippen LogP) is 1.40. The van der Waals surface area contributed by atoms with Gasteiger partial charge >= 0.3 is 0 Å². The van der Waals surface area contributed by atoms with Crippen molar-refractivity contribution in [3.05, 3.63) is 35.9 Å². The van der Waals surface area contributed by atoms with Gasteiger partial charge in [0.2, 0.25) is 11.8 Å². The summed E-state index contributed by atoms with van der Waals surface area (Å²) in [6.45, 7) is 9.65. The highest BCUT2D eigenvalue weighted by atomic mass is 16.2. The number of piperazine rings is 1. The molecule has 2 fully saturated rings. The van der Waals surface area contributed by atoms with Gasteiger partial charge in [-0.15, -0.1) is 0 Å². The van der Waals surface area contributed by atoms with E-state index in [1.54, 1.807) is 0 Å². The van der Waals surface area contributed by atoms with Gasteiger partial charge in [0.25, 0.3) is 0 Å². The number of benzene rings is 1. The van der Waals surface area contributed by atoms with Crippen LogP contribution in [-0.4, -0.2) is 66.9 Å². The second-order valence-corrected chi connectivity index (χ2v) is 8.02. The zero-order chi connectivity index (χ0) is 19.2. The fraction of sp³-hybridized carbons (Fsp3) is 0.619. The summed E-state index contributed by atoms with van der Waals surface area (Å²) in [4.78, 5) is 30.1. The van der Waals surface area contributed by atoms with Crippen LogP contribution in [0.2, 0.25) is 0 Å². The molecule has 2 unspecified atom stereocenters. The van der Waals surface area contributed by atoms with Gasteiger partial charge in [-0.1, -0.05) is 44.2 Å². The summed E-state index contributed by atoms with van der Waals surface area (Å²) in [6.07, 6.45) is 1.44. The van der Waals surface area contributed by atoms with Gasteiger partial charge in [0.1, 0.15) is 6.04 Å². The summed E-state index contributed by atoms with van der Waals surface area (Å²) < 4.78 is 0. The minimum absolute atomic E-state index is 0.0101. The molecule has 2 heterocycles. The summed E-state index contributed by atoms with van der Waals surface area (Å²) in [5.41, 5.74) is 0.852. The van der Waals surface area contributed by atoms with Gasteiger partial charge in [0.15, 0.2) is 0 Å². The standard InChI is InChI=1S/C21H32N4O2/c1-16(2)14-19(26)23-20(17-6-4-3-5-7-17)21(27)25-11-8-18(15-25)24-12-9-22-10-13-24/h3-7,16,18,20,22H,8-15H2,1-2H3,(H,23,26). The van der Waals surface area contributed by atoms with Crippen LogP contribution in [0.5, 0.6) is 0 Å². The molecule has 0 bridgehead atoms. The minimum Gasteiger partial charge on any atom is -0.341 e. The van der Waals surface area contributed by atoms with Gasteiger partial charge in [0.05, 0.1) is 0 Å². The normalized spacial score (nSPS) is 22.0. The topological polar surface area (TPSA) is 64.7 Å². The third kappa shape index (κ3) is 5.30. The average molecular weight is 373 g/mol. The molecular formula is C21H32N4O2. The first kappa shape index (κ1) is 19.8. The first-order chi connectivity index (χ1) is 13.0. The quantitative estimate of drug-likeness (QED) is 0.792. The number of hydrogen-bond acceptors (Lipinski definition) is 4. The van der Waals surface area contributed by atoms with E-state index in [0.29, 0.717) is 12.5 Å². The van der Waals surface area contributed by atoms with Crippen molar-refractivity contribution in [1.29, 1.82) is 0 Å². The predicted molar refractivity (Wildman–Crippen MR) is 106 cm³/mol. The van der Waals surface area contributed by atoms with E-state index in [9.17, 15) is 9.59 Å². The molecule has 2 atom stereocenters. The van der Waals surface area contributed by atoms with Crippen LogP contribution in [-0.2, 0) is 9.59 Å². The Balaban J connectivity index is 1.68. The molecule has 2 saturated heterocycles. The third-order valence-electron chi connectivity index (χ3n) is 5.42. The fourth-order valence-corrected chi connectivity index (χ4v) is 3.99. The first-order valence-electron chi connectivity index (χ1n) is 10.1. The number of rotatable bonds is 6. The average Bonchev–Trinajstić information content (AvgIpc) is 3.17. The van der Waals surface area contributed by atoms with E-state index in [1.807, 2.05) is 49.1 Å². The third-order valence-corrected chi connectivity index (χ3v) is 5.42. The number of nitrogens with one attached hydrogen (secondary N) is 2. The fourth-order valence-electron chi connectivity index (χ4n) is 3.99. The lowest BCUT2D eigenvalue weighted by Crippen LogP contribution is -2.50. The van der Waals surface area contributed by atoms with Gasteiger partial charge in [0, 0.05) is 51.7 Å². The summed E-state index contributed by atoms with van der Waals surface area (Å²) in [5, 5.41) is 6.36. The van der Waals surface area contributed by atoms with E-state index in [2.05, 4.69) is 15.5 Å².